The molecule has 2 aromatic heterocycles. The molecule has 174 valence electrons. The number of primary amides is 1. The van der Waals surface area contributed by atoms with E-state index in [1.807, 2.05) is 20.8 Å². The molecular weight excluding hydrogens is 446 g/mol. The molecule has 33 heavy (non-hydrogen) atoms. The number of phenolic OH excluding ortho intramolecular Hbond substituents is 1. The fourth-order valence-corrected chi connectivity index (χ4v) is 3.94. The molecule has 0 spiro atoms. The topological polar surface area (TPSA) is 165 Å². The number of furan rings is 1. The molecule has 1 aromatic carbocycles. The number of nitrogen functional groups attached to an aromatic ring is 1. The van der Waals surface area contributed by atoms with Crippen molar-refractivity contribution < 1.29 is 23.9 Å². The minimum absolute atomic E-state index is 0.00967. The zero-order valence-electron chi connectivity index (χ0n) is 18.4. The summed E-state index contributed by atoms with van der Waals surface area (Å²) in [7, 11) is 0. The van der Waals surface area contributed by atoms with E-state index < -0.39 is 29.3 Å². The van der Waals surface area contributed by atoms with E-state index in [-0.39, 0.29) is 28.6 Å². The van der Waals surface area contributed by atoms with E-state index >= 15 is 0 Å². The number of phenols is 1. The summed E-state index contributed by atoms with van der Waals surface area (Å²) >= 11 is 0.724. The Morgan fingerprint density at radius 2 is 1.88 bits per heavy atom. The minimum atomic E-state index is -1.11. The van der Waals surface area contributed by atoms with Gasteiger partial charge in [-0.1, -0.05) is 12.1 Å². The van der Waals surface area contributed by atoms with Gasteiger partial charge in [-0.05, 0) is 62.1 Å². The van der Waals surface area contributed by atoms with Crippen molar-refractivity contribution >= 4 is 34.9 Å². The van der Waals surface area contributed by atoms with Gasteiger partial charge >= 0.3 is 0 Å². The van der Waals surface area contributed by atoms with Gasteiger partial charge in [0.15, 0.2) is 5.69 Å². The summed E-state index contributed by atoms with van der Waals surface area (Å²) in [6, 6.07) is 8.17. The summed E-state index contributed by atoms with van der Waals surface area (Å²) in [6.07, 6.45) is 1.45. The van der Waals surface area contributed by atoms with Gasteiger partial charge in [0.05, 0.1) is 18.5 Å². The fraction of sp³-hybridized carbons (Fsp3) is 0.273. The number of aromatic nitrogens is 1. The molecule has 0 saturated heterocycles. The lowest BCUT2D eigenvalue weighted by Gasteiger charge is -2.33. The van der Waals surface area contributed by atoms with Crippen molar-refractivity contribution in [3.63, 3.8) is 0 Å². The van der Waals surface area contributed by atoms with Crippen molar-refractivity contribution in [3.05, 3.63) is 64.6 Å². The molecule has 10 nitrogen and oxygen atoms in total. The predicted octanol–water partition coefficient (Wildman–Crippen LogP) is 2.42. The Morgan fingerprint density at radius 3 is 2.39 bits per heavy atom. The van der Waals surface area contributed by atoms with Crippen molar-refractivity contribution in [3.8, 4) is 5.75 Å². The van der Waals surface area contributed by atoms with E-state index in [0.717, 1.165) is 11.5 Å². The van der Waals surface area contributed by atoms with Crippen LogP contribution >= 0.6 is 11.5 Å². The van der Waals surface area contributed by atoms with E-state index in [2.05, 4.69) is 9.69 Å². The van der Waals surface area contributed by atoms with Crippen LogP contribution in [0.15, 0.2) is 47.1 Å². The second-order valence-electron chi connectivity index (χ2n) is 8.38. The summed E-state index contributed by atoms with van der Waals surface area (Å²) in [6.45, 7) is 5.38. The number of carbonyl (C=O) groups excluding carboxylic acids is 3. The standard InChI is InChI=1S/C22H25N5O5S/c1-22(2,3)25-20(30)17(12-6-8-13(28)9-7-12)27(11-14-5-4-10-32-14)21(31)18-15(23)16(19(24)29)26-33-18/h4-10,17,28H,11,23H2,1-3H3,(H2,24,29)(H,25,30)/t17-/m1/s1. The smallest absolute Gasteiger partial charge is 0.270 e. The molecule has 0 aliphatic rings. The summed E-state index contributed by atoms with van der Waals surface area (Å²) in [5.41, 5.74) is 10.8. The highest BCUT2D eigenvalue weighted by Crippen LogP contribution is 2.31. The van der Waals surface area contributed by atoms with Gasteiger partial charge in [0, 0.05) is 5.54 Å². The van der Waals surface area contributed by atoms with Crippen LogP contribution in [0.2, 0.25) is 0 Å². The quantitative estimate of drug-likeness (QED) is 0.411. The second kappa shape index (κ2) is 9.33. The first-order valence-electron chi connectivity index (χ1n) is 9.97. The van der Waals surface area contributed by atoms with Crippen molar-refractivity contribution in [1.82, 2.24) is 14.6 Å². The molecular formula is C22H25N5O5S. The van der Waals surface area contributed by atoms with Crippen molar-refractivity contribution in [2.45, 2.75) is 38.9 Å². The molecule has 3 rings (SSSR count). The Bertz CT molecular complexity index is 1150. The van der Waals surface area contributed by atoms with E-state index in [4.69, 9.17) is 15.9 Å². The number of rotatable bonds is 7. The first-order valence-corrected chi connectivity index (χ1v) is 10.7. The number of carbonyl (C=O) groups is 3. The Morgan fingerprint density at radius 1 is 1.21 bits per heavy atom. The number of hydrogen-bond donors (Lipinski definition) is 4. The van der Waals surface area contributed by atoms with Gasteiger partial charge in [-0.2, -0.15) is 4.37 Å². The third-order valence-corrected chi connectivity index (χ3v) is 5.44. The fourth-order valence-electron chi connectivity index (χ4n) is 3.18. The van der Waals surface area contributed by atoms with Gasteiger partial charge in [0.1, 0.15) is 22.4 Å². The van der Waals surface area contributed by atoms with Crippen LogP contribution in [0.25, 0.3) is 0 Å². The van der Waals surface area contributed by atoms with Gasteiger partial charge in [0.25, 0.3) is 11.8 Å². The SMILES string of the molecule is CC(C)(C)NC(=O)[C@@H](c1ccc(O)cc1)N(Cc1ccco1)C(=O)c1snc(C(N)=O)c1N. The summed E-state index contributed by atoms with van der Waals surface area (Å²) in [5.74, 6) is -1.51. The van der Waals surface area contributed by atoms with Crippen molar-refractivity contribution in [1.29, 1.82) is 0 Å². The second-order valence-corrected chi connectivity index (χ2v) is 9.16. The zero-order valence-corrected chi connectivity index (χ0v) is 19.2. The molecule has 0 bridgehead atoms. The number of benzene rings is 1. The van der Waals surface area contributed by atoms with Crippen LogP contribution in [0, 0.1) is 0 Å². The summed E-state index contributed by atoms with van der Waals surface area (Å²) in [5, 5.41) is 12.6. The third-order valence-electron chi connectivity index (χ3n) is 4.59. The summed E-state index contributed by atoms with van der Waals surface area (Å²) < 4.78 is 9.33. The molecule has 3 aromatic rings. The maximum Gasteiger partial charge on any atom is 0.270 e. The zero-order chi connectivity index (χ0) is 24.3. The summed E-state index contributed by atoms with van der Waals surface area (Å²) in [4.78, 5) is 40.0. The number of nitrogens with one attached hydrogen (secondary N) is 1. The van der Waals surface area contributed by atoms with Crippen LogP contribution in [0.4, 0.5) is 5.69 Å². The lowest BCUT2D eigenvalue weighted by atomic mass is 10.0. The predicted molar refractivity (Wildman–Crippen MR) is 122 cm³/mol. The van der Waals surface area contributed by atoms with Crippen molar-refractivity contribution in [2.75, 3.05) is 5.73 Å². The van der Waals surface area contributed by atoms with Gasteiger partial charge < -0.3 is 31.2 Å². The maximum atomic E-state index is 13.7. The Kier molecular flexibility index (Phi) is 6.73. The van der Waals surface area contributed by atoms with Crippen LogP contribution in [-0.4, -0.2) is 37.6 Å². The van der Waals surface area contributed by atoms with Gasteiger partial charge in [0.2, 0.25) is 5.91 Å². The van der Waals surface area contributed by atoms with E-state index in [9.17, 15) is 19.5 Å². The average molecular weight is 472 g/mol. The number of amides is 3. The molecule has 0 saturated carbocycles. The van der Waals surface area contributed by atoms with Gasteiger partial charge in [-0.15, -0.1) is 0 Å². The van der Waals surface area contributed by atoms with Crippen LogP contribution < -0.4 is 16.8 Å². The van der Waals surface area contributed by atoms with Crippen molar-refractivity contribution in [2.24, 2.45) is 5.73 Å². The highest BCUT2D eigenvalue weighted by Gasteiger charge is 2.36. The lowest BCUT2D eigenvalue weighted by molar-refractivity contribution is -0.127. The number of aromatic hydroxyl groups is 1. The Labute approximate surface area is 194 Å². The monoisotopic (exact) mass is 471 g/mol. The number of anilines is 1. The average Bonchev–Trinajstić information content (AvgIpc) is 3.36. The molecule has 2 heterocycles. The first-order chi connectivity index (χ1) is 15.5. The highest BCUT2D eigenvalue weighted by molar-refractivity contribution is 7.09. The molecule has 0 fully saturated rings. The molecule has 0 aliphatic heterocycles. The number of nitrogens with zero attached hydrogens (tertiary/aromatic N) is 2. The molecule has 11 heteroatoms. The minimum Gasteiger partial charge on any atom is -0.508 e. The molecule has 0 aliphatic carbocycles. The Balaban J connectivity index is 2.13. The normalized spacial score (nSPS) is 12.2. The number of nitrogens with two attached hydrogens (primary N) is 2. The van der Waals surface area contributed by atoms with Crippen LogP contribution in [-0.2, 0) is 11.3 Å². The van der Waals surface area contributed by atoms with Crippen LogP contribution in [0.3, 0.4) is 0 Å². The number of hydrogen-bond acceptors (Lipinski definition) is 8. The molecule has 6 N–H and O–H groups in total. The van der Waals surface area contributed by atoms with Crippen LogP contribution in [0.5, 0.6) is 5.75 Å². The van der Waals surface area contributed by atoms with Crippen LogP contribution in [0.1, 0.15) is 58.3 Å². The largest absolute Gasteiger partial charge is 0.508 e. The van der Waals surface area contributed by atoms with Gasteiger partial charge in [-0.25, -0.2) is 0 Å². The molecule has 0 radical (unpaired) electrons. The first kappa shape index (κ1) is 23.8. The van der Waals surface area contributed by atoms with Gasteiger partial charge in [-0.3, -0.25) is 14.4 Å². The maximum absolute atomic E-state index is 13.7. The molecule has 0 unspecified atom stereocenters. The van der Waals surface area contributed by atoms with E-state index in [1.54, 1.807) is 24.3 Å². The Hall–Kier alpha value is -3.86. The van der Waals surface area contributed by atoms with E-state index in [1.165, 1.54) is 23.3 Å². The lowest BCUT2D eigenvalue weighted by Crippen LogP contribution is -2.49. The third kappa shape index (κ3) is 5.50. The highest BCUT2D eigenvalue weighted by atomic mass is 32.1. The molecule has 3 amide bonds. The molecule has 1 atom stereocenters. The van der Waals surface area contributed by atoms with E-state index in [0.29, 0.717) is 11.3 Å².